The van der Waals surface area contributed by atoms with Crippen LogP contribution in [0.4, 0.5) is 19.3 Å². The molecule has 12 heteroatoms. The largest absolute Gasteiger partial charge is 0.334 e. The Kier molecular flexibility index (Phi) is 9.49. The summed E-state index contributed by atoms with van der Waals surface area (Å²) in [5, 5.41) is 8.69. The fourth-order valence-electron chi connectivity index (χ4n) is 5.73. The molecular formula is C32H34F2N6O4. The van der Waals surface area contributed by atoms with Crippen molar-refractivity contribution in [2.24, 2.45) is 0 Å². The first-order valence-electron chi connectivity index (χ1n) is 14.5. The Morgan fingerprint density at radius 2 is 1.75 bits per heavy atom. The normalized spacial score (nSPS) is 18.7. The Morgan fingerprint density at radius 3 is 2.43 bits per heavy atom. The molecule has 2 fully saturated rings. The van der Waals surface area contributed by atoms with Gasteiger partial charge in [0, 0.05) is 43.4 Å². The summed E-state index contributed by atoms with van der Waals surface area (Å²) in [6.07, 6.45) is 0.470. The van der Waals surface area contributed by atoms with Gasteiger partial charge in [-0.1, -0.05) is 55.5 Å². The van der Waals surface area contributed by atoms with E-state index in [4.69, 9.17) is 0 Å². The van der Waals surface area contributed by atoms with Gasteiger partial charge in [-0.05, 0) is 35.7 Å². The number of hydrogen-bond donors (Lipinski definition) is 2. The average molecular weight is 605 g/mol. The fraction of sp³-hybridized carbons (Fsp3) is 0.312. The van der Waals surface area contributed by atoms with Gasteiger partial charge < -0.3 is 20.4 Å². The summed E-state index contributed by atoms with van der Waals surface area (Å²) in [7, 11) is 0. The molecule has 3 aromatic rings. The molecule has 2 heterocycles. The fourth-order valence-corrected chi connectivity index (χ4v) is 5.73. The van der Waals surface area contributed by atoms with Gasteiger partial charge in [0.05, 0.1) is 13.1 Å². The van der Waals surface area contributed by atoms with Gasteiger partial charge in [0.2, 0.25) is 18.2 Å². The lowest BCUT2D eigenvalue weighted by Crippen LogP contribution is -2.76. The number of nitrogens with zero attached hydrogens (tertiary/aromatic N) is 4. The number of hydrazine groups is 1. The van der Waals surface area contributed by atoms with E-state index in [1.54, 1.807) is 29.3 Å². The molecule has 2 N–H and O–H groups in total. The zero-order valence-corrected chi connectivity index (χ0v) is 24.3. The van der Waals surface area contributed by atoms with E-state index in [0.29, 0.717) is 25.1 Å². The Balaban J connectivity index is 1.49. The van der Waals surface area contributed by atoms with Crippen molar-refractivity contribution in [3.05, 3.63) is 101 Å². The standard InChI is InChI=1S/C32H34F2N6O4/c1-2-14-38-20-30(42)39-28(15-22-8-12-26(13-9-22)36-21-41)31(43)37(18-24-10-11-25(33)16-27(24)34)19-29(39)40(38)32(44)35-17-23-6-4-3-5-7-23/h3-13,16,21,28-29H,2,14-15,17-20H2,1H3,(H,35,44)(H,36,41)/t28-,29-/m0/s1. The molecule has 230 valence electrons. The van der Waals surface area contributed by atoms with E-state index in [2.05, 4.69) is 10.6 Å². The van der Waals surface area contributed by atoms with Gasteiger partial charge in [-0.3, -0.25) is 14.4 Å². The topological polar surface area (TPSA) is 105 Å². The van der Waals surface area contributed by atoms with Crippen LogP contribution in [0, 0.1) is 11.6 Å². The molecule has 0 aromatic heterocycles. The third-order valence-corrected chi connectivity index (χ3v) is 7.79. The van der Waals surface area contributed by atoms with Crippen molar-refractivity contribution < 1.29 is 28.0 Å². The van der Waals surface area contributed by atoms with Gasteiger partial charge in [0.15, 0.2) is 0 Å². The van der Waals surface area contributed by atoms with Crippen LogP contribution in [0.3, 0.4) is 0 Å². The molecule has 0 aliphatic carbocycles. The molecule has 0 unspecified atom stereocenters. The molecule has 3 aromatic carbocycles. The second kappa shape index (κ2) is 13.6. The number of carbonyl (C=O) groups excluding carboxylic acids is 4. The van der Waals surface area contributed by atoms with E-state index in [-0.39, 0.29) is 44.1 Å². The molecule has 2 aliphatic rings. The van der Waals surface area contributed by atoms with Crippen LogP contribution in [-0.2, 0) is 33.9 Å². The maximum absolute atomic E-state index is 14.7. The van der Waals surface area contributed by atoms with Crippen LogP contribution in [0.25, 0.3) is 0 Å². The van der Waals surface area contributed by atoms with Crippen molar-refractivity contribution in [1.82, 2.24) is 25.1 Å². The Hall–Kier alpha value is -4.84. The number of nitrogens with one attached hydrogen (secondary N) is 2. The Bertz CT molecular complexity index is 1510. The third-order valence-electron chi connectivity index (χ3n) is 7.79. The Labute approximate surface area is 254 Å². The van der Waals surface area contributed by atoms with Gasteiger partial charge >= 0.3 is 6.03 Å². The smallest absolute Gasteiger partial charge is 0.333 e. The summed E-state index contributed by atoms with van der Waals surface area (Å²) in [6, 6.07) is 18.0. The number of halogens is 2. The quantitative estimate of drug-likeness (QED) is 0.345. The molecule has 44 heavy (non-hydrogen) atoms. The van der Waals surface area contributed by atoms with Crippen LogP contribution in [0.5, 0.6) is 0 Å². The van der Waals surface area contributed by atoms with E-state index in [1.807, 2.05) is 37.3 Å². The van der Waals surface area contributed by atoms with Crippen LogP contribution < -0.4 is 10.6 Å². The third kappa shape index (κ3) is 6.70. The second-order valence-electron chi connectivity index (χ2n) is 10.8. The summed E-state index contributed by atoms with van der Waals surface area (Å²) >= 11 is 0. The summed E-state index contributed by atoms with van der Waals surface area (Å²) in [6.45, 7) is 2.28. The van der Waals surface area contributed by atoms with Crippen molar-refractivity contribution in [3.8, 4) is 0 Å². The molecule has 2 saturated heterocycles. The minimum absolute atomic E-state index is 0.0704. The lowest BCUT2D eigenvalue weighted by Gasteiger charge is -2.55. The minimum atomic E-state index is -0.997. The van der Waals surface area contributed by atoms with Crippen LogP contribution in [0.2, 0.25) is 0 Å². The van der Waals surface area contributed by atoms with Crippen molar-refractivity contribution in [1.29, 1.82) is 0 Å². The molecule has 0 bridgehead atoms. The SMILES string of the molecule is CCCN1CC(=O)N2[C@@H](Cc3ccc(NC=O)cc3)C(=O)N(Cc3ccc(F)cc3F)C[C@@H]2N1C(=O)NCc1ccccc1. The highest BCUT2D eigenvalue weighted by molar-refractivity contribution is 5.91. The lowest BCUT2D eigenvalue weighted by molar-refractivity contribution is -0.191. The van der Waals surface area contributed by atoms with Crippen LogP contribution in [0.15, 0.2) is 72.8 Å². The van der Waals surface area contributed by atoms with Gasteiger partial charge in [0.25, 0.3) is 0 Å². The van der Waals surface area contributed by atoms with Crippen LogP contribution >= 0.6 is 0 Å². The summed E-state index contributed by atoms with van der Waals surface area (Å²) in [4.78, 5) is 55.3. The van der Waals surface area contributed by atoms with E-state index in [0.717, 1.165) is 23.3 Å². The maximum Gasteiger partial charge on any atom is 0.334 e. The number of fused-ring (bicyclic) bond motifs is 1. The first-order chi connectivity index (χ1) is 21.3. The van der Waals surface area contributed by atoms with Crippen LogP contribution in [-0.4, -0.2) is 75.9 Å². The van der Waals surface area contributed by atoms with E-state index < -0.39 is 35.8 Å². The number of benzene rings is 3. The predicted molar refractivity (Wildman–Crippen MR) is 158 cm³/mol. The Morgan fingerprint density at radius 1 is 1.00 bits per heavy atom. The molecule has 2 aliphatic heterocycles. The number of urea groups is 1. The zero-order chi connectivity index (χ0) is 31.2. The summed E-state index contributed by atoms with van der Waals surface area (Å²) in [5.41, 5.74) is 2.29. The maximum atomic E-state index is 14.7. The van der Waals surface area contributed by atoms with Crippen molar-refractivity contribution in [2.75, 3.05) is 25.0 Å². The van der Waals surface area contributed by atoms with Gasteiger partial charge in [0.1, 0.15) is 23.8 Å². The number of hydrogen-bond acceptors (Lipinski definition) is 5. The first-order valence-corrected chi connectivity index (χ1v) is 14.5. The zero-order valence-electron chi connectivity index (χ0n) is 24.3. The molecule has 2 atom stereocenters. The van der Waals surface area contributed by atoms with E-state index in [1.165, 1.54) is 20.9 Å². The summed E-state index contributed by atoms with van der Waals surface area (Å²) in [5.74, 6) is -2.25. The lowest BCUT2D eigenvalue weighted by atomic mass is 9.98. The predicted octanol–water partition coefficient (Wildman–Crippen LogP) is 3.49. The van der Waals surface area contributed by atoms with Crippen molar-refractivity contribution in [2.45, 2.75) is 45.1 Å². The number of carbonyl (C=O) groups is 4. The molecule has 10 nitrogen and oxygen atoms in total. The highest BCUT2D eigenvalue weighted by atomic mass is 19.1. The number of anilines is 1. The van der Waals surface area contributed by atoms with Gasteiger partial charge in [-0.25, -0.2) is 23.6 Å². The first kappa shape index (κ1) is 30.6. The van der Waals surface area contributed by atoms with Crippen molar-refractivity contribution in [3.63, 3.8) is 0 Å². The van der Waals surface area contributed by atoms with E-state index >= 15 is 0 Å². The molecule has 5 rings (SSSR count). The monoisotopic (exact) mass is 604 g/mol. The molecule has 0 spiro atoms. The van der Waals surface area contributed by atoms with E-state index in [9.17, 15) is 28.0 Å². The molecule has 5 amide bonds. The molecule has 0 saturated carbocycles. The van der Waals surface area contributed by atoms with Crippen LogP contribution in [0.1, 0.15) is 30.0 Å². The molecular weight excluding hydrogens is 570 g/mol. The van der Waals surface area contributed by atoms with Gasteiger partial charge in [-0.15, -0.1) is 0 Å². The molecule has 0 radical (unpaired) electrons. The second-order valence-corrected chi connectivity index (χ2v) is 10.8. The average Bonchev–Trinajstić information content (AvgIpc) is 3.01. The summed E-state index contributed by atoms with van der Waals surface area (Å²) < 4.78 is 28.4. The minimum Gasteiger partial charge on any atom is -0.333 e. The van der Waals surface area contributed by atoms with Crippen molar-refractivity contribution >= 4 is 29.9 Å². The highest BCUT2D eigenvalue weighted by Gasteiger charge is 2.51. The highest BCUT2D eigenvalue weighted by Crippen LogP contribution is 2.30. The van der Waals surface area contributed by atoms with Gasteiger partial charge in [-0.2, -0.15) is 0 Å². The number of amides is 5. The number of rotatable bonds is 10. The number of piperazine rings is 1.